The zero-order valence-electron chi connectivity index (χ0n) is 20.0. The van der Waals surface area contributed by atoms with Gasteiger partial charge in [0.25, 0.3) is 0 Å². The maximum atomic E-state index is 14.3. The number of ether oxygens (including phenoxy) is 1. The first-order valence-corrected chi connectivity index (χ1v) is 13.1. The zero-order chi connectivity index (χ0) is 25.3. The summed E-state index contributed by atoms with van der Waals surface area (Å²) in [6.07, 6.45) is 1.89. The molecule has 1 unspecified atom stereocenters. The average molecular weight is 520 g/mol. The molecule has 2 heterocycles. The lowest BCUT2D eigenvalue weighted by Gasteiger charge is -2.30. The Bertz CT molecular complexity index is 1430. The highest BCUT2D eigenvalue weighted by Crippen LogP contribution is 2.62. The molecule has 0 radical (unpaired) electrons. The van der Waals surface area contributed by atoms with Crippen LogP contribution in [0.1, 0.15) is 39.0 Å². The summed E-state index contributed by atoms with van der Waals surface area (Å²) in [5, 5.41) is 4.51. The molecule has 1 N–H and O–H groups in total. The van der Waals surface area contributed by atoms with Crippen LogP contribution in [-0.2, 0) is 13.6 Å². The highest BCUT2D eigenvalue weighted by Gasteiger charge is 2.42. The lowest BCUT2D eigenvalue weighted by Crippen LogP contribution is -2.24. The van der Waals surface area contributed by atoms with E-state index < -0.39 is 31.0 Å². The third kappa shape index (κ3) is 5.11. The van der Waals surface area contributed by atoms with Gasteiger partial charge in [-0.3, -0.25) is 9.36 Å². The van der Waals surface area contributed by atoms with Crippen LogP contribution in [0, 0.1) is 0 Å². The smallest absolute Gasteiger partial charge is 0.358 e. The summed E-state index contributed by atoms with van der Waals surface area (Å²) in [4.78, 5) is 13.9. The minimum Gasteiger partial charge on any atom is -0.495 e. The molecule has 0 aliphatic heterocycles. The van der Waals surface area contributed by atoms with E-state index in [1.54, 1.807) is 64.1 Å². The molecule has 35 heavy (non-hydrogen) atoms. The minimum atomic E-state index is -3.97. The van der Waals surface area contributed by atoms with E-state index in [4.69, 9.17) is 34.2 Å². The molecule has 4 aromatic rings. The third-order valence-electron chi connectivity index (χ3n) is 5.16. The van der Waals surface area contributed by atoms with Crippen LogP contribution in [0.25, 0.3) is 21.9 Å². The number of anilines is 1. The standard InChI is InChI=1S/C25H27ClNO7P/c1-14(2)33-35(29,34-15(3)4)25(27-17-8-6-16(26)7-9-17)19-13-32-21-12-20-18(10-11-31-20)24(30-5)22(21)23(19)28/h6-15,25,27H,1-5H3. The van der Waals surface area contributed by atoms with Crippen molar-refractivity contribution in [2.45, 2.75) is 45.7 Å². The molecule has 8 nitrogen and oxygen atoms in total. The molecule has 2 aromatic heterocycles. The first-order chi connectivity index (χ1) is 16.6. The van der Waals surface area contributed by atoms with Gasteiger partial charge in [0.15, 0.2) is 5.78 Å². The van der Waals surface area contributed by atoms with E-state index in [0.29, 0.717) is 27.4 Å². The average Bonchev–Trinajstić information content (AvgIpc) is 3.25. The van der Waals surface area contributed by atoms with Crippen LogP contribution >= 0.6 is 19.2 Å². The maximum absolute atomic E-state index is 14.3. The van der Waals surface area contributed by atoms with Crippen LogP contribution in [0.5, 0.6) is 5.75 Å². The van der Waals surface area contributed by atoms with Gasteiger partial charge < -0.3 is 27.9 Å². The fraction of sp³-hybridized carbons (Fsp3) is 0.320. The van der Waals surface area contributed by atoms with E-state index in [-0.39, 0.29) is 16.5 Å². The van der Waals surface area contributed by atoms with Gasteiger partial charge in [-0.05, 0) is 58.0 Å². The van der Waals surface area contributed by atoms with E-state index >= 15 is 0 Å². The predicted molar refractivity (Wildman–Crippen MR) is 137 cm³/mol. The van der Waals surface area contributed by atoms with Crippen molar-refractivity contribution in [3.63, 3.8) is 0 Å². The topological polar surface area (TPSA) is 100 Å². The number of methoxy groups -OCH3 is 1. The quantitative estimate of drug-likeness (QED) is 0.229. The van der Waals surface area contributed by atoms with Gasteiger partial charge in [-0.2, -0.15) is 0 Å². The van der Waals surface area contributed by atoms with Gasteiger partial charge in [-0.15, -0.1) is 0 Å². The second-order valence-electron chi connectivity index (χ2n) is 8.54. The van der Waals surface area contributed by atoms with Crippen LogP contribution in [0.3, 0.4) is 0 Å². The molecule has 0 fully saturated rings. The van der Waals surface area contributed by atoms with Gasteiger partial charge in [0.05, 0.1) is 36.5 Å². The maximum Gasteiger partial charge on any atom is 0.358 e. The van der Waals surface area contributed by atoms with E-state index in [9.17, 15) is 9.36 Å². The Kier molecular flexibility index (Phi) is 7.29. The second-order valence-corrected chi connectivity index (χ2v) is 11.0. The van der Waals surface area contributed by atoms with E-state index in [2.05, 4.69) is 5.32 Å². The van der Waals surface area contributed by atoms with Gasteiger partial charge in [-0.25, -0.2) is 0 Å². The molecule has 1 atom stereocenters. The van der Waals surface area contributed by atoms with Crippen molar-refractivity contribution >= 4 is 46.8 Å². The summed E-state index contributed by atoms with van der Waals surface area (Å²) in [7, 11) is -2.51. The third-order valence-corrected chi connectivity index (χ3v) is 7.88. The number of hydrogen-bond acceptors (Lipinski definition) is 8. The largest absolute Gasteiger partial charge is 0.495 e. The molecule has 0 aliphatic carbocycles. The molecule has 10 heteroatoms. The SMILES string of the molecule is COc1c2ccoc2cc2occ(C(Nc3ccc(Cl)cc3)P(=O)(OC(C)C)OC(C)C)c(=O)c12. The summed E-state index contributed by atoms with van der Waals surface area (Å²) < 4.78 is 42.9. The number of fused-ring (bicyclic) bond motifs is 2. The van der Waals surface area contributed by atoms with E-state index in [1.165, 1.54) is 19.6 Å². The molecule has 186 valence electrons. The van der Waals surface area contributed by atoms with Crippen molar-refractivity contribution in [2.75, 3.05) is 12.4 Å². The lowest BCUT2D eigenvalue weighted by molar-refractivity contribution is 0.138. The highest BCUT2D eigenvalue weighted by atomic mass is 35.5. The van der Waals surface area contributed by atoms with Crippen molar-refractivity contribution < 1.29 is 27.2 Å². The van der Waals surface area contributed by atoms with Crippen LogP contribution in [0.15, 0.2) is 62.6 Å². The number of hydrogen-bond donors (Lipinski definition) is 1. The van der Waals surface area contributed by atoms with Crippen LogP contribution in [-0.4, -0.2) is 19.3 Å². The minimum absolute atomic E-state index is 0.0678. The van der Waals surface area contributed by atoms with Gasteiger partial charge >= 0.3 is 7.60 Å². The number of furan rings is 1. The van der Waals surface area contributed by atoms with Crippen molar-refractivity contribution in [3.05, 3.63) is 69.7 Å². The Morgan fingerprint density at radius 2 is 1.63 bits per heavy atom. The zero-order valence-corrected chi connectivity index (χ0v) is 21.7. The van der Waals surface area contributed by atoms with Crippen molar-refractivity contribution in [2.24, 2.45) is 0 Å². The van der Waals surface area contributed by atoms with Crippen LogP contribution in [0.2, 0.25) is 5.02 Å². The molecule has 0 aliphatic rings. The van der Waals surface area contributed by atoms with Crippen molar-refractivity contribution in [1.82, 2.24) is 0 Å². The Morgan fingerprint density at radius 3 is 2.23 bits per heavy atom. The lowest BCUT2D eigenvalue weighted by atomic mass is 10.1. The van der Waals surface area contributed by atoms with Gasteiger partial charge in [0.1, 0.15) is 28.6 Å². The summed E-state index contributed by atoms with van der Waals surface area (Å²) in [6, 6.07) is 10.1. The number of halogens is 1. The first kappa shape index (κ1) is 25.3. The Balaban J connectivity index is 1.97. The monoisotopic (exact) mass is 519 g/mol. The Morgan fingerprint density at radius 1 is 0.971 bits per heavy atom. The molecule has 0 amide bonds. The van der Waals surface area contributed by atoms with Crippen molar-refractivity contribution in [1.29, 1.82) is 0 Å². The fourth-order valence-electron chi connectivity index (χ4n) is 3.86. The molecule has 0 spiro atoms. The van der Waals surface area contributed by atoms with E-state index in [0.717, 1.165) is 0 Å². The Labute approximate surface area is 207 Å². The summed E-state index contributed by atoms with van der Waals surface area (Å²) in [5.74, 6) is -0.879. The van der Waals surface area contributed by atoms with Gasteiger partial charge in [0, 0.05) is 16.8 Å². The van der Waals surface area contributed by atoms with Gasteiger partial charge in [-0.1, -0.05) is 11.6 Å². The molecule has 2 aromatic carbocycles. The van der Waals surface area contributed by atoms with E-state index in [1.807, 2.05) is 0 Å². The summed E-state index contributed by atoms with van der Waals surface area (Å²) >= 11 is 6.04. The van der Waals surface area contributed by atoms with Crippen LogP contribution in [0.4, 0.5) is 5.69 Å². The molecular formula is C25H27ClNO7P. The fourth-order valence-corrected chi connectivity index (χ4v) is 6.28. The molecule has 0 saturated carbocycles. The number of benzene rings is 2. The van der Waals surface area contributed by atoms with Crippen molar-refractivity contribution in [3.8, 4) is 5.75 Å². The molecular weight excluding hydrogens is 493 g/mol. The number of nitrogens with one attached hydrogen (secondary N) is 1. The summed E-state index contributed by atoms with van der Waals surface area (Å²) in [5.41, 5.74) is 0.984. The summed E-state index contributed by atoms with van der Waals surface area (Å²) in [6.45, 7) is 6.99. The van der Waals surface area contributed by atoms with Gasteiger partial charge in [0.2, 0.25) is 5.43 Å². The normalized spacial score (nSPS) is 13.1. The van der Waals surface area contributed by atoms with Crippen LogP contribution < -0.4 is 15.5 Å². The first-order valence-electron chi connectivity index (χ1n) is 11.1. The number of rotatable bonds is 9. The predicted octanol–water partition coefficient (Wildman–Crippen LogP) is 7.36. The molecule has 0 saturated heterocycles. The molecule has 0 bridgehead atoms. The molecule has 4 rings (SSSR count). The Hall–Kier alpha value is -2.77. The second kappa shape index (κ2) is 10.1. The highest BCUT2D eigenvalue weighted by molar-refractivity contribution is 7.54.